The minimum atomic E-state index is -0.264. The van der Waals surface area contributed by atoms with E-state index in [9.17, 15) is 4.57 Å². The molecule has 0 amide bonds. The molecule has 2 N–H and O–H groups in total. The molecular weight excluding hydrogens is 229 g/mol. The molecule has 0 atom stereocenters. The predicted molar refractivity (Wildman–Crippen MR) is 57.2 cm³/mol. The van der Waals surface area contributed by atoms with E-state index in [-0.39, 0.29) is 13.9 Å². The Labute approximate surface area is 91.8 Å². The molecule has 0 radical (unpaired) electrons. The van der Waals surface area contributed by atoms with Crippen LogP contribution in [0.4, 0.5) is 5.95 Å². The van der Waals surface area contributed by atoms with Crippen molar-refractivity contribution in [3.8, 4) is 5.81 Å². The number of anilines is 1. The van der Waals surface area contributed by atoms with Crippen molar-refractivity contribution in [1.82, 2.24) is 19.5 Å². The van der Waals surface area contributed by atoms with E-state index < -0.39 is 0 Å². The normalized spacial score (nSPS) is 10.2. The van der Waals surface area contributed by atoms with E-state index in [0.717, 1.165) is 0 Å². The van der Waals surface area contributed by atoms with Gasteiger partial charge >= 0.3 is 91.1 Å². The fourth-order valence-corrected chi connectivity index (χ4v) is 1.39. The molecule has 0 bridgehead atoms. The van der Waals surface area contributed by atoms with E-state index in [1.54, 1.807) is 17.1 Å². The topological polar surface area (TPSA) is 95.9 Å². The van der Waals surface area contributed by atoms with Gasteiger partial charge in [-0.2, -0.15) is 0 Å². The number of hydrogen-bond acceptors (Lipinski definition) is 6. The summed E-state index contributed by atoms with van der Waals surface area (Å²) in [5.74, 6) is 2.40. The summed E-state index contributed by atoms with van der Waals surface area (Å²) in [6.45, 7) is 0.861. The quantitative estimate of drug-likeness (QED) is 0.621. The zero-order chi connectivity index (χ0) is 11.4. The first-order valence-corrected chi connectivity index (χ1v) is 5.25. The standard InChI is InChI=1S/C8H8N5O2P/c9-8-10-3-6-7(12-8)13(4-11-6)1-2-15-5-16-14/h3-4H,1-2H2,(H2,9,10,12). The van der Waals surface area contributed by atoms with Crippen molar-refractivity contribution in [2.75, 3.05) is 12.3 Å². The summed E-state index contributed by atoms with van der Waals surface area (Å²) in [6.07, 6.45) is 3.18. The molecule has 0 saturated heterocycles. The molecule has 0 fully saturated rings. The van der Waals surface area contributed by atoms with Gasteiger partial charge in [-0.3, -0.25) is 0 Å². The zero-order valence-electron chi connectivity index (χ0n) is 8.20. The van der Waals surface area contributed by atoms with Crippen LogP contribution in [0, 0.1) is 5.81 Å². The molecule has 0 unspecified atom stereocenters. The summed E-state index contributed by atoms with van der Waals surface area (Å²) < 4.78 is 16.6. The molecule has 8 heteroatoms. The summed E-state index contributed by atoms with van der Waals surface area (Å²) in [5.41, 5.74) is 6.80. The van der Waals surface area contributed by atoms with Gasteiger partial charge in [0.15, 0.2) is 0 Å². The van der Waals surface area contributed by atoms with E-state index >= 15 is 0 Å². The third kappa shape index (κ3) is 2.28. The summed E-state index contributed by atoms with van der Waals surface area (Å²) in [6, 6.07) is 0. The van der Waals surface area contributed by atoms with Gasteiger partial charge in [0.1, 0.15) is 0 Å². The van der Waals surface area contributed by atoms with Gasteiger partial charge in [0, 0.05) is 0 Å². The molecule has 0 spiro atoms. The van der Waals surface area contributed by atoms with Crippen molar-refractivity contribution in [1.29, 1.82) is 0 Å². The van der Waals surface area contributed by atoms with Crippen molar-refractivity contribution in [2.24, 2.45) is 0 Å². The molecule has 0 saturated carbocycles. The number of rotatable bonds is 3. The third-order valence-electron chi connectivity index (χ3n) is 1.91. The maximum atomic E-state index is 10.0. The fraction of sp³-hybridized carbons (Fsp3) is 0.250. The SMILES string of the molecule is Nc1ncc2ncn(CCOC#P=O)c2n1. The second kappa shape index (κ2) is 4.90. The molecule has 2 aromatic heterocycles. The molecule has 0 aliphatic carbocycles. The average Bonchev–Trinajstić information content (AvgIpc) is 2.67. The second-order valence-electron chi connectivity index (χ2n) is 2.91. The average molecular weight is 237 g/mol. The summed E-state index contributed by atoms with van der Waals surface area (Å²) >= 11 is 0. The molecule has 0 aliphatic rings. The molecule has 82 valence electrons. The number of hydrogen-bond donors (Lipinski definition) is 1. The molecule has 2 heterocycles. The first-order chi connectivity index (χ1) is 7.81. The van der Waals surface area contributed by atoms with Gasteiger partial charge in [-0.25, -0.2) is 0 Å². The number of nitrogens with two attached hydrogens (primary N) is 1. The van der Waals surface area contributed by atoms with Crippen molar-refractivity contribution in [2.45, 2.75) is 6.54 Å². The number of nitrogen functional groups attached to an aromatic ring is 1. The van der Waals surface area contributed by atoms with E-state index in [1.807, 2.05) is 0 Å². The van der Waals surface area contributed by atoms with Crippen LogP contribution in [0.3, 0.4) is 0 Å². The first-order valence-electron chi connectivity index (χ1n) is 4.44. The van der Waals surface area contributed by atoms with Gasteiger partial charge in [0.25, 0.3) is 0 Å². The van der Waals surface area contributed by atoms with Crippen molar-refractivity contribution < 1.29 is 9.30 Å². The van der Waals surface area contributed by atoms with Gasteiger partial charge in [0.05, 0.1) is 0 Å². The van der Waals surface area contributed by atoms with E-state index in [2.05, 4.69) is 20.8 Å². The summed E-state index contributed by atoms with van der Waals surface area (Å²) in [5, 5.41) is 0. The van der Waals surface area contributed by atoms with Gasteiger partial charge in [-0.15, -0.1) is 0 Å². The number of ether oxygens (including phenoxy) is 1. The Morgan fingerprint density at radius 1 is 1.56 bits per heavy atom. The van der Waals surface area contributed by atoms with Gasteiger partial charge in [0.2, 0.25) is 0 Å². The Balaban J connectivity index is 2.19. The number of imidazole rings is 1. The van der Waals surface area contributed by atoms with Gasteiger partial charge < -0.3 is 0 Å². The summed E-state index contributed by atoms with van der Waals surface area (Å²) in [4.78, 5) is 12.0. The molecule has 0 aliphatic heterocycles. The van der Waals surface area contributed by atoms with E-state index in [1.165, 1.54) is 0 Å². The number of aromatic nitrogens is 4. The van der Waals surface area contributed by atoms with E-state index in [4.69, 9.17) is 10.5 Å². The third-order valence-corrected chi connectivity index (χ3v) is 2.12. The molecule has 2 aromatic rings. The van der Waals surface area contributed by atoms with Gasteiger partial charge in [-0.1, -0.05) is 0 Å². The molecular formula is C8H8N5O2P. The van der Waals surface area contributed by atoms with Crippen LogP contribution in [0.1, 0.15) is 0 Å². The predicted octanol–water partition coefficient (Wildman–Crippen LogP) is 0.634. The van der Waals surface area contributed by atoms with Crippen LogP contribution in [0.5, 0.6) is 0 Å². The zero-order valence-corrected chi connectivity index (χ0v) is 9.09. The van der Waals surface area contributed by atoms with Crippen LogP contribution < -0.4 is 5.73 Å². The van der Waals surface area contributed by atoms with Crippen LogP contribution in [-0.4, -0.2) is 26.1 Å². The Morgan fingerprint density at radius 3 is 3.25 bits per heavy atom. The van der Waals surface area contributed by atoms with Crippen LogP contribution in [-0.2, 0) is 15.8 Å². The first kappa shape index (κ1) is 10.8. The Kier molecular flexibility index (Phi) is 3.31. The fourth-order valence-electron chi connectivity index (χ4n) is 1.25. The maximum absolute atomic E-state index is 10.0. The van der Waals surface area contributed by atoms with E-state index in [0.29, 0.717) is 24.3 Å². The Bertz CT molecular complexity index is 605. The summed E-state index contributed by atoms with van der Waals surface area (Å²) in [7, 11) is -0.264. The molecule has 7 nitrogen and oxygen atoms in total. The van der Waals surface area contributed by atoms with Crippen LogP contribution >= 0.6 is 7.92 Å². The minimum absolute atomic E-state index is 0.200. The molecule has 16 heavy (non-hydrogen) atoms. The molecule has 0 aromatic carbocycles. The monoisotopic (exact) mass is 237 g/mol. The van der Waals surface area contributed by atoms with Crippen molar-refractivity contribution in [3.63, 3.8) is 0 Å². The van der Waals surface area contributed by atoms with Gasteiger partial charge in [-0.05, 0) is 0 Å². The number of fused-ring (bicyclic) bond motifs is 1. The van der Waals surface area contributed by atoms with Crippen molar-refractivity contribution in [3.05, 3.63) is 12.5 Å². The second-order valence-corrected chi connectivity index (χ2v) is 3.27. The Hall–Kier alpha value is -1.68. The molecule has 2 rings (SSSR count). The van der Waals surface area contributed by atoms with Crippen molar-refractivity contribution >= 4 is 25.0 Å². The van der Waals surface area contributed by atoms with Crippen LogP contribution in [0.15, 0.2) is 12.5 Å². The number of nitrogens with zero attached hydrogens (tertiary/aromatic N) is 4. The van der Waals surface area contributed by atoms with Crippen LogP contribution in [0.2, 0.25) is 0 Å². The Morgan fingerprint density at radius 2 is 2.44 bits per heavy atom. The van der Waals surface area contributed by atoms with Crippen LogP contribution in [0.25, 0.3) is 11.2 Å².